The van der Waals surface area contributed by atoms with E-state index in [0.717, 1.165) is 30.4 Å². The van der Waals surface area contributed by atoms with Crippen LogP contribution in [-0.4, -0.2) is 5.78 Å². The molecule has 0 aliphatic heterocycles. The molecule has 1 aliphatic carbocycles. The average Bonchev–Trinajstić information content (AvgIpc) is 2.33. The number of Topliss-reactive ketones (excluding diaryl/α,β-unsaturated/α-hetero) is 1. The second-order valence-corrected chi connectivity index (χ2v) is 5.85. The molecule has 1 nitrogen and oxygen atoms in total. The lowest BCUT2D eigenvalue weighted by Gasteiger charge is -2.10. The normalized spacial score (nSPS) is 19.2. The van der Waals surface area contributed by atoms with E-state index in [-0.39, 0.29) is 5.78 Å². The summed E-state index contributed by atoms with van der Waals surface area (Å²) in [5.41, 5.74) is 1.92. The van der Waals surface area contributed by atoms with Crippen molar-refractivity contribution in [2.45, 2.75) is 44.9 Å². The molecule has 1 aromatic carbocycles. The van der Waals surface area contributed by atoms with Crippen molar-refractivity contribution in [2.75, 3.05) is 0 Å². The van der Waals surface area contributed by atoms with Gasteiger partial charge in [-0.15, -0.1) is 0 Å². The molecule has 0 radical (unpaired) electrons. The van der Waals surface area contributed by atoms with E-state index < -0.39 is 0 Å². The number of allylic oxidation sites excluding steroid dienone is 2. The summed E-state index contributed by atoms with van der Waals surface area (Å²) in [4.78, 5) is 12.3. The van der Waals surface area contributed by atoms with Gasteiger partial charge >= 0.3 is 0 Å². The maximum atomic E-state index is 12.3. The topological polar surface area (TPSA) is 17.1 Å². The van der Waals surface area contributed by atoms with Crippen LogP contribution in [0.15, 0.2) is 29.8 Å². The summed E-state index contributed by atoms with van der Waals surface area (Å²) in [6, 6.07) is 5.40. The number of ketones is 1. The van der Waals surface area contributed by atoms with Crippen LogP contribution in [0.5, 0.6) is 0 Å². The minimum atomic E-state index is 0.222. The van der Waals surface area contributed by atoms with Crippen LogP contribution in [0.2, 0.25) is 10.0 Å². The summed E-state index contributed by atoms with van der Waals surface area (Å²) in [6.07, 6.45) is 9.33. The van der Waals surface area contributed by atoms with Crippen molar-refractivity contribution in [3.05, 3.63) is 45.5 Å². The number of carbonyl (C=O) groups excluding carboxylic acids is 1. The van der Waals surface area contributed by atoms with Gasteiger partial charge in [-0.3, -0.25) is 4.79 Å². The van der Waals surface area contributed by atoms with Crippen LogP contribution in [0.25, 0.3) is 0 Å². The Morgan fingerprint density at radius 2 is 1.84 bits per heavy atom. The fraction of sp³-hybridized carbons (Fsp3) is 0.438. The van der Waals surface area contributed by atoms with Crippen molar-refractivity contribution in [1.82, 2.24) is 0 Å². The molecule has 0 atom stereocenters. The molecule has 0 saturated heterocycles. The van der Waals surface area contributed by atoms with Gasteiger partial charge in [0.25, 0.3) is 0 Å². The van der Waals surface area contributed by atoms with E-state index in [1.54, 1.807) is 12.1 Å². The van der Waals surface area contributed by atoms with Gasteiger partial charge in [0.15, 0.2) is 5.78 Å². The second kappa shape index (κ2) is 7.12. The van der Waals surface area contributed by atoms with Gasteiger partial charge in [0.2, 0.25) is 0 Å². The Kier molecular flexibility index (Phi) is 5.47. The second-order valence-electron chi connectivity index (χ2n) is 5.03. The van der Waals surface area contributed by atoms with Crippen molar-refractivity contribution >= 4 is 29.0 Å². The Bertz CT molecular complexity index is 492. The molecule has 3 heteroatoms. The first-order valence-corrected chi connectivity index (χ1v) is 7.58. The molecule has 0 amide bonds. The highest BCUT2D eigenvalue weighted by Gasteiger charge is 2.12. The summed E-state index contributed by atoms with van der Waals surface area (Å²) >= 11 is 11.9. The third kappa shape index (κ3) is 4.36. The smallest absolute Gasteiger partial charge is 0.162 e. The molecule has 1 aliphatic rings. The molecule has 102 valence electrons. The van der Waals surface area contributed by atoms with E-state index in [1.165, 1.54) is 19.3 Å². The maximum Gasteiger partial charge on any atom is 0.162 e. The van der Waals surface area contributed by atoms with Gasteiger partial charge in [0.05, 0.1) is 10.0 Å². The molecule has 19 heavy (non-hydrogen) atoms. The Balaban J connectivity index is 2.04. The van der Waals surface area contributed by atoms with E-state index >= 15 is 0 Å². The molecule has 0 bridgehead atoms. The lowest BCUT2D eigenvalue weighted by atomic mass is 9.94. The van der Waals surface area contributed by atoms with E-state index in [2.05, 4.69) is 6.08 Å². The van der Waals surface area contributed by atoms with Gasteiger partial charge in [0, 0.05) is 6.42 Å². The van der Waals surface area contributed by atoms with Crippen LogP contribution in [-0.2, 0) is 11.2 Å². The summed E-state index contributed by atoms with van der Waals surface area (Å²) < 4.78 is 0. The average molecular weight is 297 g/mol. The zero-order valence-electron chi connectivity index (χ0n) is 10.9. The van der Waals surface area contributed by atoms with Crippen LogP contribution in [0, 0.1) is 0 Å². The molecule has 0 saturated carbocycles. The predicted molar refractivity (Wildman–Crippen MR) is 81.0 cm³/mol. The zero-order chi connectivity index (χ0) is 13.7. The fourth-order valence-corrected chi connectivity index (χ4v) is 2.71. The molecule has 0 aromatic heterocycles. The summed E-state index contributed by atoms with van der Waals surface area (Å²) in [6.45, 7) is 0. The maximum absolute atomic E-state index is 12.3. The monoisotopic (exact) mass is 296 g/mol. The van der Waals surface area contributed by atoms with E-state index in [9.17, 15) is 4.79 Å². The first-order valence-electron chi connectivity index (χ1n) is 6.83. The highest BCUT2D eigenvalue weighted by molar-refractivity contribution is 6.42. The minimum absolute atomic E-state index is 0.222. The van der Waals surface area contributed by atoms with Gasteiger partial charge in [0.1, 0.15) is 0 Å². The van der Waals surface area contributed by atoms with Crippen LogP contribution < -0.4 is 0 Å². The number of halogens is 2. The van der Waals surface area contributed by atoms with Gasteiger partial charge in [-0.05, 0) is 49.0 Å². The number of rotatable bonds is 3. The zero-order valence-corrected chi connectivity index (χ0v) is 12.4. The molecule has 0 unspecified atom stereocenters. The van der Waals surface area contributed by atoms with Crippen molar-refractivity contribution in [2.24, 2.45) is 0 Å². The third-order valence-electron chi connectivity index (χ3n) is 3.50. The molecule has 0 heterocycles. The first kappa shape index (κ1) is 14.6. The standard InChI is InChI=1S/C16H18Cl2O/c17-14-9-8-12(10-15(14)18)11-16(19)13-6-4-2-1-3-5-7-13/h6,8-10H,1-5,7,11H2/b13-6+. The third-order valence-corrected chi connectivity index (χ3v) is 4.24. The Morgan fingerprint density at radius 1 is 1.05 bits per heavy atom. The fourth-order valence-electron chi connectivity index (χ4n) is 2.39. The largest absolute Gasteiger partial charge is 0.294 e. The van der Waals surface area contributed by atoms with E-state index in [1.807, 2.05) is 6.07 Å². The molecular weight excluding hydrogens is 279 g/mol. The molecule has 0 fully saturated rings. The highest BCUT2D eigenvalue weighted by atomic mass is 35.5. The van der Waals surface area contributed by atoms with Gasteiger partial charge < -0.3 is 0 Å². The van der Waals surface area contributed by atoms with Crippen LogP contribution in [0.3, 0.4) is 0 Å². The Morgan fingerprint density at radius 3 is 2.63 bits per heavy atom. The van der Waals surface area contributed by atoms with Crippen molar-refractivity contribution in [3.63, 3.8) is 0 Å². The number of carbonyl (C=O) groups is 1. The lowest BCUT2D eigenvalue weighted by Crippen LogP contribution is -2.08. The van der Waals surface area contributed by atoms with E-state index in [4.69, 9.17) is 23.2 Å². The highest BCUT2D eigenvalue weighted by Crippen LogP contribution is 2.24. The molecule has 0 N–H and O–H groups in total. The predicted octanol–water partition coefficient (Wildman–Crippen LogP) is 5.39. The van der Waals surface area contributed by atoms with Crippen molar-refractivity contribution in [3.8, 4) is 0 Å². The first-order chi connectivity index (χ1) is 9.16. The lowest BCUT2D eigenvalue weighted by molar-refractivity contribution is -0.115. The molecule has 2 rings (SSSR count). The SMILES string of the molecule is O=C(Cc1ccc(Cl)c(Cl)c1)/C1=C/CCCCCC1. The quantitative estimate of drug-likeness (QED) is 0.731. The van der Waals surface area contributed by atoms with Crippen LogP contribution in [0.4, 0.5) is 0 Å². The molecular formula is C16H18Cl2O. The van der Waals surface area contributed by atoms with Crippen LogP contribution in [0.1, 0.15) is 44.1 Å². The molecule has 0 spiro atoms. The number of hydrogen-bond acceptors (Lipinski definition) is 1. The molecule has 1 aromatic rings. The summed E-state index contributed by atoms with van der Waals surface area (Å²) in [7, 11) is 0. The summed E-state index contributed by atoms with van der Waals surface area (Å²) in [5.74, 6) is 0.222. The number of benzene rings is 1. The van der Waals surface area contributed by atoms with Crippen LogP contribution >= 0.6 is 23.2 Å². The van der Waals surface area contributed by atoms with Crippen molar-refractivity contribution < 1.29 is 4.79 Å². The Labute approximate surface area is 124 Å². The van der Waals surface area contributed by atoms with Crippen molar-refractivity contribution in [1.29, 1.82) is 0 Å². The minimum Gasteiger partial charge on any atom is -0.294 e. The number of hydrogen-bond donors (Lipinski definition) is 0. The van der Waals surface area contributed by atoms with Gasteiger partial charge in [-0.25, -0.2) is 0 Å². The van der Waals surface area contributed by atoms with Gasteiger partial charge in [-0.1, -0.05) is 48.2 Å². The Hall–Kier alpha value is -0.790. The van der Waals surface area contributed by atoms with E-state index in [0.29, 0.717) is 16.5 Å². The van der Waals surface area contributed by atoms with Gasteiger partial charge in [-0.2, -0.15) is 0 Å². The summed E-state index contributed by atoms with van der Waals surface area (Å²) in [5, 5.41) is 1.04.